The minimum absolute atomic E-state index is 0.410. The Balaban J connectivity index is 3.21. The van der Waals surface area contributed by atoms with Gasteiger partial charge in [-0.25, -0.2) is 15.8 Å². The Labute approximate surface area is 103 Å². The van der Waals surface area contributed by atoms with Crippen molar-refractivity contribution in [2.75, 3.05) is 12.0 Å². The summed E-state index contributed by atoms with van der Waals surface area (Å²) in [6.45, 7) is 8.72. The van der Waals surface area contributed by atoms with Crippen molar-refractivity contribution in [3.05, 3.63) is 17.6 Å². The molecule has 0 bridgehead atoms. The lowest BCUT2D eigenvalue weighted by Gasteiger charge is -2.30. The first-order valence-electron chi connectivity index (χ1n) is 6.08. The monoisotopic (exact) mass is 238 g/mol. The van der Waals surface area contributed by atoms with Crippen molar-refractivity contribution < 1.29 is 4.74 Å². The van der Waals surface area contributed by atoms with Gasteiger partial charge in [-0.2, -0.15) is 0 Å². The molecule has 0 aliphatic carbocycles. The lowest BCUT2D eigenvalue weighted by Crippen LogP contribution is -2.31. The molecule has 96 valence electrons. The Kier molecular flexibility index (Phi) is 4.84. The molecule has 1 heterocycles. The van der Waals surface area contributed by atoms with Gasteiger partial charge in [0.2, 0.25) is 0 Å². The molecule has 0 aliphatic rings. The molecule has 0 radical (unpaired) electrons. The lowest BCUT2D eigenvalue weighted by atomic mass is 9.95. The number of hydrogen-bond acceptors (Lipinski definition) is 5. The number of ether oxygens (including phenoxy) is 1. The molecule has 3 N–H and O–H groups in total. The highest BCUT2D eigenvalue weighted by Crippen LogP contribution is 2.31. The van der Waals surface area contributed by atoms with Gasteiger partial charge >= 0.3 is 0 Å². The molecule has 1 aromatic heterocycles. The van der Waals surface area contributed by atoms with E-state index < -0.39 is 5.60 Å². The van der Waals surface area contributed by atoms with E-state index >= 15 is 0 Å². The van der Waals surface area contributed by atoms with Gasteiger partial charge in [0.1, 0.15) is 11.4 Å². The van der Waals surface area contributed by atoms with Crippen LogP contribution in [-0.4, -0.2) is 16.6 Å². The van der Waals surface area contributed by atoms with Crippen LogP contribution in [0.1, 0.15) is 45.1 Å². The lowest BCUT2D eigenvalue weighted by molar-refractivity contribution is -0.0571. The molecule has 5 heteroatoms. The highest BCUT2D eigenvalue weighted by Gasteiger charge is 2.32. The van der Waals surface area contributed by atoms with Crippen LogP contribution in [0.25, 0.3) is 0 Å². The van der Waals surface area contributed by atoms with Crippen molar-refractivity contribution in [1.29, 1.82) is 0 Å². The molecule has 0 atom stereocenters. The van der Waals surface area contributed by atoms with Crippen molar-refractivity contribution in [1.82, 2.24) is 9.97 Å². The Morgan fingerprint density at radius 2 is 1.94 bits per heavy atom. The van der Waals surface area contributed by atoms with E-state index in [1.165, 1.54) is 0 Å². The maximum atomic E-state index is 5.87. The molecular formula is C12H22N4O. The molecular weight excluding hydrogens is 216 g/mol. The van der Waals surface area contributed by atoms with Crippen LogP contribution in [0.3, 0.4) is 0 Å². The molecule has 0 aromatic carbocycles. The summed E-state index contributed by atoms with van der Waals surface area (Å²) in [5.74, 6) is 6.74. The van der Waals surface area contributed by atoms with Gasteiger partial charge in [0.05, 0.1) is 0 Å². The molecule has 1 rings (SSSR count). The maximum absolute atomic E-state index is 5.87. The Bertz CT molecular complexity index is 364. The molecule has 17 heavy (non-hydrogen) atoms. The molecule has 1 aromatic rings. The summed E-state index contributed by atoms with van der Waals surface area (Å²) in [5.41, 5.74) is 3.04. The zero-order valence-electron chi connectivity index (χ0n) is 11.1. The fraction of sp³-hybridized carbons (Fsp3) is 0.667. The van der Waals surface area contributed by atoms with Crippen LogP contribution >= 0.6 is 0 Å². The Morgan fingerprint density at radius 1 is 1.29 bits per heavy atom. The van der Waals surface area contributed by atoms with Gasteiger partial charge in [0, 0.05) is 18.4 Å². The third kappa shape index (κ3) is 2.92. The summed E-state index contributed by atoms with van der Waals surface area (Å²) in [7, 11) is 0. The summed E-state index contributed by atoms with van der Waals surface area (Å²) < 4.78 is 5.87. The van der Waals surface area contributed by atoms with Crippen LogP contribution < -0.4 is 11.3 Å². The second-order valence-corrected chi connectivity index (χ2v) is 4.00. The molecule has 0 spiro atoms. The summed E-state index contributed by atoms with van der Waals surface area (Å²) in [5, 5.41) is 0. The molecule has 0 saturated heterocycles. The first-order chi connectivity index (χ1) is 8.11. The highest BCUT2D eigenvalue weighted by molar-refractivity contribution is 5.35. The summed E-state index contributed by atoms with van der Waals surface area (Å²) in [6, 6.07) is 1.81. The van der Waals surface area contributed by atoms with Crippen molar-refractivity contribution >= 4 is 5.82 Å². The van der Waals surface area contributed by atoms with E-state index in [2.05, 4.69) is 29.2 Å². The average molecular weight is 238 g/mol. The van der Waals surface area contributed by atoms with E-state index in [1.807, 2.05) is 19.9 Å². The average Bonchev–Trinajstić information content (AvgIpc) is 2.35. The van der Waals surface area contributed by atoms with Gasteiger partial charge in [0.15, 0.2) is 5.82 Å². The third-order valence-electron chi connectivity index (χ3n) is 2.97. The first-order valence-corrected chi connectivity index (χ1v) is 6.08. The van der Waals surface area contributed by atoms with E-state index in [1.54, 1.807) is 0 Å². The zero-order chi connectivity index (χ0) is 12.9. The van der Waals surface area contributed by atoms with Gasteiger partial charge < -0.3 is 10.2 Å². The minimum Gasteiger partial charge on any atom is -0.367 e. The van der Waals surface area contributed by atoms with E-state index in [4.69, 9.17) is 10.6 Å². The van der Waals surface area contributed by atoms with Gasteiger partial charge in [-0.3, -0.25) is 0 Å². The number of aromatic nitrogens is 2. The fourth-order valence-corrected chi connectivity index (χ4v) is 1.96. The second-order valence-electron chi connectivity index (χ2n) is 4.00. The number of anilines is 1. The SMILES string of the molecule is CCOC(CC)(CC)c1nc(C)cc(NN)n1. The van der Waals surface area contributed by atoms with Crippen LogP contribution in [-0.2, 0) is 10.3 Å². The van der Waals surface area contributed by atoms with E-state index in [9.17, 15) is 0 Å². The largest absolute Gasteiger partial charge is 0.367 e. The minimum atomic E-state index is -0.410. The topological polar surface area (TPSA) is 73.1 Å². The number of nitrogen functional groups attached to an aromatic ring is 1. The van der Waals surface area contributed by atoms with Crippen molar-refractivity contribution in [2.24, 2.45) is 5.84 Å². The van der Waals surface area contributed by atoms with Gasteiger partial charge in [-0.1, -0.05) is 13.8 Å². The van der Waals surface area contributed by atoms with Crippen molar-refractivity contribution in [2.45, 2.75) is 46.1 Å². The molecule has 0 fully saturated rings. The van der Waals surface area contributed by atoms with Crippen LogP contribution in [0.2, 0.25) is 0 Å². The van der Waals surface area contributed by atoms with Gasteiger partial charge in [-0.05, 0) is 26.7 Å². The van der Waals surface area contributed by atoms with Crippen molar-refractivity contribution in [3.63, 3.8) is 0 Å². The highest BCUT2D eigenvalue weighted by atomic mass is 16.5. The van der Waals surface area contributed by atoms with E-state index in [-0.39, 0.29) is 0 Å². The predicted molar refractivity (Wildman–Crippen MR) is 68.5 cm³/mol. The number of nitrogens with two attached hydrogens (primary N) is 1. The standard InChI is InChI=1S/C12H22N4O/c1-5-12(6-2,17-7-3)11-14-9(4)8-10(15-11)16-13/h8H,5-7,13H2,1-4H3,(H,14,15,16). The third-order valence-corrected chi connectivity index (χ3v) is 2.97. The maximum Gasteiger partial charge on any atom is 0.162 e. The smallest absolute Gasteiger partial charge is 0.162 e. The predicted octanol–water partition coefficient (Wildman–Crippen LogP) is 2.12. The van der Waals surface area contributed by atoms with Crippen LogP contribution in [0.5, 0.6) is 0 Å². The quantitative estimate of drug-likeness (QED) is 0.586. The van der Waals surface area contributed by atoms with E-state index in [0.717, 1.165) is 18.5 Å². The zero-order valence-corrected chi connectivity index (χ0v) is 11.1. The van der Waals surface area contributed by atoms with E-state index in [0.29, 0.717) is 18.2 Å². The van der Waals surface area contributed by atoms with Crippen LogP contribution in [0.4, 0.5) is 5.82 Å². The summed E-state index contributed by atoms with van der Waals surface area (Å²) >= 11 is 0. The van der Waals surface area contributed by atoms with Crippen LogP contribution in [0, 0.1) is 6.92 Å². The number of aryl methyl sites for hydroxylation is 1. The number of hydrogen-bond donors (Lipinski definition) is 2. The molecule has 0 amide bonds. The number of rotatable bonds is 6. The Morgan fingerprint density at radius 3 is 2.41 bits per heavy atom. The number of nitrogens with zero attached hydrogens (tertiary/aromatic N) is 2. The molecule has 5 nitrogen and oxygen atoms in total. The Hall–Kier alpha value is -1.20. The molecule has 0 aliphatic heterocycles. The molecule has 0 unspecified atom stereocenters. The summed E-state index contributed by atoms with van der Waals surface area (Å²) in [6.07, 6.45) is 1.68. The second kappa shape index (κ2) is 5.93. The van der Waals surface area contributed by atoms with Crippen molar-refractivity contribution in [3.8, 4) is 0 Å². The van der Waals surface area contributed by atoms with Crippen LogP contribution in [0.15, 0.2) is 6.07 Å². The van der Waals surface area contributed by atoms with Gasteiger partial charge in [0.25, 0.3) is 0 Å². The first kappa shape index (κ1) is 13.9. The normalized spacial score (nSPS) is 11.6. The number of nitrogens with one attached hydrogen (secondary N) is 1. The fourth-order valence-electron chi connectivity index (χ4n) is 1.96. The summed E-state index contributed by atoms with van der Waals surface area (Å²) in [4.78, 5) is 8.90. The van der Waals surface area contributed by atoms with Gasteiger partial charge in [-0.15, -0.1) is 0 Å². The molecule has 0 saturated carbocycles. The number of hydrazine groups is 1.